The van der Waals surface area contributed by atoms with Crippen molar-refractivity contribution in [3.63, 3.8) is 0 Å². The number of benzene rings is 2. The van der Waals surface area contributed by atoms with Gasteiger partial charge in [0.2, 0.25) is 0 Å². The van der Waals surface area contributed by atoms with Crippen LogP contribution in [0, 0.1) is 13.8 Å². The maximum absolute atomic E-state index is 6.32. The van der Waals surface area contributed by atoms with Crippen LogP contribution in [0.25, 0.3) is 0 Å². The van der Waals surface area contributed by atoms with E-state index in [1.165, 1.54) is 11.1 Å². The van der Waals surface area contributed by atoms with E-state index in [0.29, 0.717) is 6.42 Å². The van der Waals surface area contributed by atoms with Crippen LogP contribution in [-0.2, 0) is 12.1 Å². The minimum atomic E-state index is -0.884. The zero-order chi connectivity index (χ0) is 14.9. The van der Waals surface area contributed by atoms with Crippen molar-refractivity contribution in [2.24, 2.45) is 11.5 Å². The third-order valence-corrected chi connectivity index (χ3v) is 5.15. The van der Waals surface area contributed by atoms with E-state index in [4.69, 9.17) is 11.5 Å². The average molecular weight is 398 g/mol. The number of hydrogen-bond acceptors (Lipinski definition) is 2. The van der Waals surface area contributed by atoms with Gasteiger partial charge in [0.1, 0.15) is 0 Å². The van der Waals surface area contributed by atoms with Crippen LogP contribution >= 0.6 is 31.9 Å². The third kappa shape index (κ3) is 3.50. The maximum atomic E-state index is 6.32. The number of nitrogens with two attached hydrogens (primary N) is 2. The van der Waals surface area contributed by atoms with Gasteiger partial charge in [-0.1, -0.05) is 56.1 Å². The molecular formula is C16H18Br2N2. The van der Waals surface area contributed by atoms with Crippen molar-refractivity contribution in [1.29, 1.82) is 0 Å². The Morgan fingerprint density at radius 3 is 2.00 bits per heavy atom. The van der Waals surface area contributed by atoms with Crippen molar-refractivity contribution in [2.75, 3.05) is 0 Å². The van der Waals surface area contributed by atoms with Crippen LogP contribution in [0.2, 0.25) is 0 Å². The summed E-state index contributed by atoms with van der Waals surface area (Å²) in [6, 6.07) is 12.2. The van der Waals surface area contributed by atoms with E-state index in [0.717, 1.165) is 20.1 Å². The highest BCUT2D eigenvalue weighted by atomic mass is 79.9. The molecule has 0 fully saturated rings. The zero-order valence-electron chi connectivity index (χ0n) is 11.6. The van der Waals surface area contributed by atoms with Crippen molar-refractivity contribution < 1.29 is 0 Å². The van der Waals surface area contributed by atoms with Crippen LogP contribution in [0.5, 0.6) is 0 Å². The van der Waals surface area contributed by atoms with Crippen LogP contribution in [0.3, 0.4) is 0 Å². The van der Waals surface area contributed by atoms with Crippen molar-refractivity contribution in [3.8, 4) is 0 Å². The van der Waals surface area contributed by atoms with Gasteiger partial charge in [0.25, 0.3) is 0 Å². The molecule has 0 aliphatic rings. The number of hydrogen-bond donors (Lipinski definition) is 2. The van der Waals surface area contributed by atoms with E-state index in [2.05, 4.69) is 57.0 Å². The molecule has 0 aromatic heterocycles. The Labute approximate surface area is 136 Å². The lowest BCUT2D eigenvalue weighted by Gasteiger charge is -2.26. The molecule has 0 bridgehead atoms. The van der Waals surface area contributed by atoms with Gasteiger partial charge in [0.15, 0.2) is 0 Å². The van der Waals surface area contributed by atoms with Gasteiger partial charge >= 0.3 is 0 Å². The van der Waals surface area contributed by atoms with Crippen molar-refractivity contribution in [1.82, 2.24) is 0 Å². The summed E-state index contributed by atoms with van der Waals surface area (Å²) in [7, 11) is 0. The Bertz CT molecular complexity index is 636. The molecular weight excluding hydrogens is 380 g/mol. The van der Waals surface area contributed by atoms with Crippen molar-refractivity contribution in [2.45, 2.75) is 25.9 Å². The monoisotopic (exact) mass is 396 g/mol. The Balaban J connectivity index is 2.29. The van der Waals surface area contributed by atoms with Crippen LogP contribution in [0.15, 0.2) is 45.3 Å². The molecule has 0 atom stereocenters. The summed E-state index contributed by atoms with van der Waals surface area (Å²) in [5.41, 5.74) is 16.2. The van der Waals surface area contributed by atoms with Crippen molar-refractivity contribution in [3.05, 3.63) is 67.6 Å². The summed E-state index contributed by atoms with van der Waals surface area (Å²) in [6.07, 6.45) is 0.585. The molecule has 2 nitrogen and oxygen atoms in total. The molecule has 0 amide bonds. The lowest BCUT2D eigenvalue weighted by molar-refractivity contribution is 0.461. The molecule has 0 saturated carbocycles. The highest BCUT2D eigenvalue weighted by Crippen LogP contribution is 2.26. The van der Waals surface area contributed by atoms with Gasteiger partial charge in [0.05, 0.1) is 5.66 Å². The topological polar surface area (TPSA) is 52.0 Å². The summed E-state index contributed by atoms with van der Waals surface area (Å²) in [5, 5.41) is 0. The second-order valence-electron chi connectivity index (χ2n) is 5.26. The molecule has 0 spiro atoms. The standard InChI is InChI=1S/C16H18Br2N2/c1-10-3-5-12(7-14(10)17)9-16(19,20)13-6-4-11(2)15(18)8-13/h3-8H,9,19-20H2,1-2H3. The molecule has 2 aromatic carbocycles. The largest absolute Gasteiger partial charge is 0.309 e. The van der Waals surface area contributed by atoms with Gasteiger partial charge in [-0.3, -0.25) is 0 Å². The average Bonchev–Trinajstić information content (AvgIpc) is 2.37. The summed E-state index contributed by atoms with van der Waals surface area (Å²) in [6.45, 7) is 4.10. The Morgan fingerprint density at radius 1 is 0.900 bits per heavy atom. The lowest BCUT2D eigenvalue weighted by atomic mass is 9.92. The molecule has 4 N–H and O–H groups in total. The predicted octanol–water partition coefficient (Wildman–Crippen LogP) is 4.14. The Hall–Kier alpha value is -0.680. The lowest BCUT2D eigenvalue weighted by Crippen LogP contribution is -2.48. The van der Waals surface area contributed by atoms with E-state index in [-0.39, 0.29) is 0 Å². The Morgan fingerprint density at radius 2 is 1.45 bits per heavy atom. The number of halogens is 2. The Kier molecular flexibility index (Phi) is 4.69. The fourth-order valence-electron chi connectivity index (χ4n) is 2.07. The fourth-order valence-corrected chi connectivity index (χ4v) is 2.87. The molecule has 4 heteroatoms. The van der Waals surface area contributed by atoms with Crippen LogP contribution < -0.4 is 11.5 Å². The second-order valence-corrected chi connectivity index (χ2v) is 6.97. The van der Waals surface area contributed by atoms with Gasteiger partial charge < -0.3 is 11.5 Å². The quantitative estimate of drug-likeness (QED) is 0.764. The fraction of sp³-hybridized carbons (Fsp3) is 0.250. The van der Waals surface area contributed by atoms with Gasteiger partial charge in [0, 0.05) is 15.4 Å². The maximum Gasteiger partial charge on any atom is 0.0941 e. The molecule has 2 aromatic rings. The number of aryl methyl sites for hydroxylation is 2. The second kappa shape index (κ2) is 5.98. The predicted molar refractivity (Wildman–Crippen MR) is 91.5 cm³/mol. The normalized spacial score (nSPS) is 11.7. The van der Waals surface area contributed by atoms with E-state index >= 15 is 0 Å². The molecule has 106 valence electrons. The molecule has 0 saturated heterocycles. The number of rotatable bonds is 3. The first kappa shape index (κ1) is 15.7. The van der Waals surface area contributed by atoms with Crippen molar-refractivity contribution >= 4 is 31.9 Å². The minimum absolute atomic E-state index is 0.585. The van der Waals surface area contributed by atoms with Gasteiger partial charge in [-0.25, -0.2) is 0 Å². The van der Waals surface area contributed by atoms with Crippen LogP contribution in [-0.4, -0.2) is 0 Å². The summed E-state index contributed by atoms with van der Waals surface area (Å²) in [4.78, 5) is 0. The first-order valence-corrected chi connectivity index (χ1v) is 7.97. The third-order valence-electron chi connectivity index (χ3n) is 3.44. The van der Waals surface area contributed by atoms with E-state index in [1.807, 2.05) is 25.1 Å². The molecule has 0 radical (unpaired) electrons. The molecule has 0 heterocycles. The van der Waals surface area contributed by atoms with E-state index in [9.17, 15) is 0 Å². The molecule has 20 heavy (non-hydrogen) atoms. The van der Waals surface area contributed by atoms with Gasteiger partial charge in [-0.15, -0.1) is 0 Å². The molecule has 2 rings (SSSR count). The summed E-state index contributed by atoms with van der Waals surface area (Å²) < 4.78 is 2.11. The summed E-state index contributed by atoms with van der Waals surface area (Å²) >= 11 is 7.07. The highest BCUT2D eigenvalue weighted by molar-refractivity contribution is 9.10. The first-order chi connectivity index (χ1) is 9.29. The zero-order valence-corrected chi connectivity index (χ0v) is 14.8. The van der Waals surface area contributed by atoms with Gasteiger partial charge in [-0.05, 0) is 48.2 Å². The van der Waals surface area contributed by atoms with Gasteiger partial charge in [-0.2, -0.15) is 0 Å². The van der Waals surface area contributed by atoms with Crippen LogP contribution in [0.1, 0.15) is 22.3 Å². The summed E-state index contributed by atoms with van der Waals surface area (Å²) in [5.74, 6) is 0. The minimum Gasteiger partial charge on any atom is -0.309 e. The van der Waals surface area contributed by atoms with E-state index < -0.39 is 5.66 Å². The van der Waals surface area contributed by atoms with Crippen LogP contribution in [0.4, 0.5) is 0 Å². The highest BCUT2D eigenvalue weighted by Gasteiger charge is 2.23. The SMILES string of the molecule is Cc1ccc(CC(N)(N)c2ccc(C)c(Br)c2)cc1Br. The van der Waals surface area contributed by atoms with E-state index in [1.54, 1.807) is 0 Å². The molecule has 0 aliphatic carbocycles. The first-order valence-electron chi connectivity index (χ1n) is 6.39. The molecule has 0 aliphatic heterocycles. The molecule has 0 unspecified atom stereocenters. The smallest absolute Gasteiger partial charge is 0.0941 e.